The summed E-state index contributed by atoms with van der Waals surface area (Å²) in [6.07, 6.45) is 5.27. The molecule has 0 radical (unpaired) electrons. The SMILES string of the molecule is Cc1cc(C=O)c(C2(N)CCCC2)cc1C. The summed E-state index contributed by atoms with van der Waals surface area (Å²) in [5.74, 6) is 0. The number of aryl methyl sites for hydroxylation is 2. The molecule has 0 bridgehead atoms. The van der Waals surface area contributed by atoms with Crippen LogP contribution in [0.4, 0.5) is 0 Å². The molecule has 1 fully saturated rings. The molecule has 0 aliphatic heterocycles. The van der Waals surface area contributed by atoms with Crippen LogP contribution in [0.3, 0.4) is 0 Å². The number of hydrogen-bond donors (Lipinski definition) is 1. The van der Waals surface area contributed by atoms with Crippen molar-refractivity contribution in [2.45, 2.75) is 45.1 Å². The van der Waals surface area contributed by atoms with E-state index < -0.39 is 0 Å². The number of benzene rings is 1. The van der Waals surface area contributed by atoms with Crippen molar-refractivity contribution in [3.8, 4) is 0 Å². The molecule has 1 aliphatic rings. The lowest BCUT2D eigenvalue weighted by atomic mass is 9.84. The Morgan fingerprint density at radius 1 is 1.19 bits per heavy atom. The Morgan fingerprint density at radius 3 is 2.31 bits per heavy atom. The highest BCUT2D eigenvalue weighted by molar-refractivity contribution is 5.79. The van der Waals surface area contributed by atoms with Gasteiger partial charge in [-0.05, 0) is 49.4 Å². The topological polar surface area (TPSA) is 43.1 Å². The van der Waals surface area contributed by atoms with Gasteiger partial charge in [0, 0.05) is 11.1 Å². The maximum atomic E-state index is 11.1. The van der Waals surface area contributed by atoms with Gasteiger partial charge in [-0.25, -0.2) is 0 Å². The van der Waals surface area contributed by atoms with Crippen molar-refractivity contribution in [3.63, 3.8) is 0 Å². The molecule has 0 unspecified atom stereocenters. The van der Waals surface area contributed by atoms with Crippen LogP contribution in [0.2, 0.25) is 0 Å². The van der Waals surface area contributed by atoms with E-state index in [1.165, 1.54) is 18.4 Å². The average molecular weight is 217 g/mol. The highest BCUT2D eigenvalue weighted by Crippen LogP contribution is 2.38. The Balaban J connectivity index is 2.54. The fourth-order valence-electron chi connectivity index (χ4n) is 2.64. The van der Waals surface area contributed by atoms with E-state index in [0.29, 0.717) is 0 Å². The minimum atomic E-state index is -0.269. The second-order valence-corrected chi connectivity index (χ2v) is 5.00. The zero-order valence-corrected chi connectivity index (χ0v) is 10.0. The van der Waals surface area contributed by atoms with Gasteiger partial charge in [-0.15, -0.1) is 0 Å². The molecular weight excluding hydrogens is 198 g/mol. The Hall–Kier alpha value is -1.15. The fourth-order valence-corrected chi connectivity index (χ4v) is 2.64. The van der Waals surface area contributed by atoms with E-state index in [2.05, 4.69) is 13.0 Å². The van der Waals surface area contributed by atoms with Crippen molar-refractivity contribution in [2.24, 2.45) is 5.73 Å². The van der Waals surface area contributed by atoms with Crippen LogP contribution in [0.25, 0.3) is 0 Å². The van der Waals surface area contributed by atoms with E-state index in [-0.39, 0.29) is 5.54 Å². The van der Waals surface area contributed by atoms with Gasteiger partial charge in [0.1, 0.15) is 6.29 Å². The molecule has 2 rings (SSSR count). The van der Waals surface area contributed by atoms with Gasteiger partial charge in [-0.3, -0.25) is 4.79 Å². The third kappa shape index (κ3) is 1.78. The van der Waals surface area contributed by atoms with Gasteiger partial charge in [0.15, 0.2) is 0 Å². The van der Waals surface area contributed by atoms with E-state index in [1.54, 1.807) is 0 Å². The van der Waals surface area contributed by atoms with E-state index in [0.717, 1.165) is 35.8 Å². The molecule has 2 heteroatoms. The predicted octanol–water partition coefficient (Wildman–Crippen LogP) is 2.84. The van der Waals surface area contributed by atoms with Gasteiger partial charge in [0.05, 0.1) is 0 Å². The summed E-state index contributed by atoms with van der Waals surface area (Å²) in [6.45, 7) is 4.11. The van der Waals surface area contributed by atoms with Gasteiger partial charge in [0.2, 0.25) is 0 Å². The van der Waals surface area contributed by atoms with E-state index >= 15 is 0 Å². The van der Waals surface area contributed by atoms with Gasteiger partial charge in [0.25, 0.3) is 0 Å². The smallest absolute Gasteiger partial charge is 0.150 e. The van der Waals surface area contributed by atoms with Crippen LogP contribution >= 0.6 is 0 Å². The molecule has 1 aromatic carbocycles. The minimum Gasteiger partial charge on any atom is -0.321 e. The van der Waals surface area contributed by atoms with Crippen LogP contribution < -0.4 is 5.73 Å². The number of rotatable bonds is 2. The molecule has 0 aromatic heterocycles. The molecule has 0 saturated heterocycles. The fraction of sp³-hybridized carbons (Fsp3) is 0.500. The zero-order valence-electron chi connectivity index (χ0n) is 10.0. The van der Waals surface area contributed by atoms with Crippen LogP contribution in [-0.2, 0) is 5.54 Å². The quantitative estimate of drug-likeness (QED) is 0.774. The number of aldehydes is 1. The first-order chi connectivity index (χ1) is 7.57. The van der Waals surface area contributed by atoms with E-state index in [1.807, 2.05) is 13.0 Å². The summed E-state index contributed by atoms with van der Waals surface area (Å²) in [6, 6.07) is 4.06. The first-order valence-corrected chi connectivity index (χ1v) is 5.92. The first-order valence-electron chi connectivity index (χ1n) is 5.92. The summed E-state index contributed by atoms with van der Waals surface area (Å²) >= 11 is 0. The lowest BCUT2D eigenvalue weighted by Gasteiger charge is -2.26. The molecule has 0 heterocycles. The monoisotopic (exact) mass is 217 g/mol. The predicted molar refractivity (Wildman–Crippen MR) is 65.6 cm³/mol. The summed E-state index contributed by atoms with van der Waals surface area (Å²) in [5.41, 5.74) is 10.3. The largest absolute Gasteiger partial charge is 0.321 e. The third-order valence-electron chi connectivity index (χ3n) is 3.83. The highest BCUT2D eigenvalue weighted by Gasteiger charge is 2.33. The van der Waals surface area contributed by atoms with Crippen LogP contribution in [-0.4, -0.2) is 6.29 Å². The Kier molecular flexibility index (Phi) is 2.85. The Bertz CT molecular complexity index is 417. The van der Waals surface area contributed by atoms with Gasteiger partial charge in [-0.1, -0.05) is 18.9 Å². The van der Waals surface area contributed by atoms with Crippen molar-refractivity contribution < 1.29 is 4.79 Å². The Morgan fingerprint density at radius 2 is 1.75 bits per heavy atom. The van der Waals surface area contributed by atoms with Crippen molar-refractivity contribution in [1.29, 1.82) is 0 Å². The van der Waals surface area contributed by atoms with Crippen molar-refractivity contribution in [3.05, 3.63) is 34.4 Å². The normalized spacial score (nSPS) is 18.7. The third-order valence-corrected chi connectivity index (χ3v) is 3.83. The molecule has 2 N–H and O–H groups in total. The summed E-state index contributed by atoms with van der Waals surface area (Å²) < 4.78 is 0. The Labute approximate surface area is 96.8 Å². The molecule has 1 aromatic rings. The van der Waals surface area contributed by atoms with E-state index in [4.69, 9.17) is 5.73 Å². The van der Waals surface area contributed by atoms with Gasteiger partial charge in [-0.2, -0.15) is 0 Å². The molecule has 0 spiro atoms. The minimum absolute atomic E-state index is 0.269. The highest BCUT2D eigenvalue weighted by atomic mass is 16.1. The number of hydrogen-bond acceptors (Lipinski definition) is 2. The second-order valence-electron chi connectivity index (χ2n) is 5.00. The molecule has 0 amide bonds. The van der Waals surface area contributed by atoms with E-state index in [9.17, 15) is 4.79 Å². The summed E-state index contributed by atoms with van der Waals surface area (Å²) in [7, 11) is 0. The van der Waals surface area contributed by atoms with Gasteiger partial charge < -0.3 is 5.73 Å². The van der Waals surface area contributed by atoms with Crippen LogP contribution in [0.15, 0.2) is 12.1 Å². The van der Waals surface area contributed by atoms with Crippen molar-refractivity contribution >= 4 is 6.29 Å². The van der Waals surface area contributed by atoms with Crippen LogP contribution in [0, 0.1) is 13.8 Å². The van der Waals surface area contributed by atoms with Crippen molar-refractivity contribution in [2.75, 3.05) is 0 Å². The molecule has 0 atom stereocenters. The molecule has 86 valence electrons. The van der Waals surface area contributed by atoms with Crippen LogP contribution in [0.5, 0.6) is 0 Å². The number of nitrogens with two attached hydrogens (primary N) is 1. The molecule has 1 aliphatic carbocycles. The van der Waals surface area contributed by atoms with Gasteiger partial charge >= 0.3 is 0 Å². The zero-order chi connectivity index (χ0) is 11.8. The second kappa shape index (κ2) is 4.02. The number of carbonyl (C=O) groups is 1. The maximum absolute atomic E-state index is 11.1. The molecule has 1 saturated carbocycles. The molecule has 2 nitrogen and oxygen atoms in total. The first kappa shape index (κ1) is 11.3. The average Bonchev–Trinajstić information content (AvgIpc) is 2.69. The number of carbonyl (C=O) groups excluding carboxylic acids is 1. The molecular formula is C14H19NO. The summed E-state index contributed by atoms with van der Waals surface area (Å²) in [5, 5.41) is 0. The molecule has 16 heavy (non-hydrogen) atoms. The lowest BCUT2D eigenvalue weighted by Crippen LogP contribution is -2.34. The lowest BCUT2D eigenvalue weighted by molar-refractivity contribution is 0.112. The standard InChI is InChI=1S/C14H19NO/c1-10-7-12(9-16)13(8-11(10)2)14(15)5-3-4-6-14/h7-9H,3-6,15H2,1-2H3. The maximum Gasteiger partial charge on any atom is 0.150 e. The summed E-state index contributed by atoms with van der Waals surface area (Å²) in [4.78, 5) is 11.1. The van der Waals surface area contributed by atoms with Crippen LogP contribution in [0.1, 0.15) is 52.7 Å². The van der Waals surface area contributed by atoms with Crippen molar-refractivity contribution in [1.82, 2.24) is 0 Å².